The summed E-state index contributed by atoms with van der Waals surface area (Å²) in [7, 11) is 0. The first-order chi connectivity index (χ1) is 7.69. The average molecular weight is 226 g/mol. The van der Waals surface area contributed by atoms with Crippen molar-refractivity contribution in [1.29, 1.82) is 0 Å². The molecule has 1 saturated heterocycles. The molecular weight excluding hydrogens is 196 g/mol. The Kier molecular flexibility index (Phi) is 6.37. The van der Waals surface area contributed by atoms with Crippen molar-refractivity contribution in [3.8, 4) is 0 Å². The second-order valence-corrected chi connectivity index (χ2v) is 5.47. The predicted octanol–water partition coefficient (Wildman–Crippen LogP) is 2.89. The van der Waals surface area contributed by atoms with E-state index < -0.39 is 0 Å². The van der Waals surface area contributed by atoms with Gasteiger partial charge in [0.25, 0.3) is 0 Å². The molecule has 0 amide bonds. The van der Waals surface area contributed by atoms with Crippen molar-refractivity contribution >= 4 is 0 Å². The zero-order valence-corrected chi connectivity index (χ0v) is 11.6. The van der Waals surface area contributed by atoms with Crippen LogP contribution in [0.2, 0.25) is 0 Å². The van der Waals surface area contributed by atoms with Crippen molar-refractivity contribution in [2.45, 2.75) is 65.5 Å². The summed E-state index contributed by atoms with van der Waals surface area (Å²) in [5.74, 6) is 0.924. The van der Waals surface area contributed by atoms with E-state index in [0.29, 0.717) is 0 Å². The normalized spacial score (nSPS) is 29.2. The van der Waals surface area contributed by atoms with Crippen LogP contribution in [0.3, 0.4) is 0 Å². The fourth-order valence-corrected chi connectivity index (χ4v) is 3.00. The van der Waals surface area contributed by atoms with Crippen LogP contribution in [0.5, 0.6) is 0 Å². The van der Waals surface area contributed by atoms with E-state index in [9.17, 15) is 0 Å². The van der Waals surface area contributed by atoms with Crippen molar-refractivity contribution < 1.29 is 0 Å². The number of piperidine rings is 1. The summed E-state index contributed by atoms with van der Waals surface area (Å²) in [6, 6.07) is 1.53. The molecule has 2 nitrogen and oxygen atoms in total. The highest BCUT2D eigenvalue weighted by atomic mass is 15.2. The smallest absolute Gasteiger partial charge is 0.0223 e. The molecule has 1 rings (SSSR count). The second kappa shape index (κ2) is 7.29. The second-order valence-electron chi connectivity index (χ2n) is 5.47. The summed E-state index contributed by atoms with van der Waals surface area (Å²) in [6.07, 6.45) is 5.41. The van der Waals surface area contributed by atoms with Crippen molar-refractivity contribution in [3.63, 3.8) is 0 Å². The fraction of sp³-hybridized carbons (Fsp3) is 1.00. The minimum Gasteiger partial charge on any atom is -0.315 e. The van der Waals surface area contributed by atoms with Gasteiger partial charge in [-0.05, 0) is 45.2 Å². The minimum absolute atomic E-state index is 0.757. The van der Waals surface area contributed by atoms with E-state index in [1.165, 1.54) is 38.8 Å². The van der Waals surface area contributed by atoms with Gasteiger partial charge < -0.3 is 5.32 Å². The molecule has 0 spiro atoms. The van der Waals surface area contributed by atoms with Gasteiger partial charge in [-0.25, -0.2) is 0 Å². The molecule has 1 aliphatic heterocycles. The molecule has 3 atom stereocenters. The van der Waals surface area contributed by atoms with Gasteiger partial charge in [0.15, 0.2) is 0 Å². The lowest BCUT2D eigenvalue weighted by Crippen LogP contribution is -2.50. The van der Waals surface area contributed by atoms with Gasteiger partial charge in [-0.15, -0.1) is 0 Å². The molecule has 0 aromatic heterocycles. The third-order valence-electron chi connectivity index (χ3n) is 3.91. The van der Waals surface area contributed by atoms with Crippen molar-refractivity contribution in [3.05, 3.63) is 0 Å². The first kappa shape index (κ1) is 14.0. The standard InChI is InChI=1S/C14H30N2/c1-5-7-14(11-15-6-2)16-9-8-12(3)10-13(16)4/h12-15H,5-11H2,1-4H3. The van der Waals surface area contributed by atoms with Gasteiger partial charge in [-0.3, -0.25) is 4.90 Å². The molecule has 0 aromatic carbocycles. The number of hydrogen-bond acceptors (Lipinski definition) is 2. The molecule has 0 radical (unpaired) electrons. The number of rotatable bonds is 6. The van der Waals surface area contributed by atoms with Crippen molar-refractivity contribution in [1.82, 2.24) is 10.2 Å². The SMILES string of the molecule is CCCC(CNCC)N1CCC(C)CC1C. The number of likely N-dealkylation sites (tertiary alicyclic amines) is 1. The maximum atomic E-state index is 3.52. The zero-order valence-electron chi connectivity index (χ0n) is 11.6. The van der Waals surface area contributed by atoms with Gasteiger partial charge in [-0.1, -0.05) is 27.2 Å². The van der Waals surface area contributed by atoms with Crippen LogP contribution in [0.1, 0.15) is 53.4 Å². The Hall–Kier alpha value is -0.0800. The summed E-state index contributed by atoms with van der Waals surface area (Å²) in [6.45, 7) is 12.9. The molecule has 2 heteroatoms. The summed E-state index contributed by atoms with van der Waals surface area (Å²) >= 11 is 0. The van der Waals surface area contributed by atoms with Crippen LogP contribution >= 0.6 is 0 Å². The molecule has 0 aliphatic carbocycles. The van der Waals surface area contributed by atoms with Crippen molar-refractivity contribution in [2.75, 3.05) is 19.6 Å². The Balaban J connectivity index is 2.48. The molecule has 96 valence electrons. The van der Waals surface area contributed by atoms with E-state index in [1.807, 2.05) is 0 Å². The van der Waals surface area contributed by atoms with Crippen LogP contribution in [0.15, 0.2) is 0 Å². The first-order valence-corrected chi connectivity index (χ1v) is 7.15. The summed E-state index contributed by atoms with van der Waals surface area (Å²) in [5.41, 5.74) is 0. The Bertz CT molecular complexity index is 182. The Morgan fingerprint density at radius 1 is 1.31 bits per heavy atom. The van der Waals surface area contributed by atoms with Gasteiger partial charge in [0.2, 0.25) is 0 Å². The number of nitrogens with one attached hydrogen (secondary N) is 1. The topological polar surface area (TPSA) is 15.3 Å². The molecule has 16 heavy (non-hydrogen) atoms. The zero-order chi connectivity index (χ0) is 12.0. The van der Waals surface area contributed by atoms with Gasteiger partial charge in [0.1, 0.15) is 0 Å². The lowest BCUT2D eigenvalue weighted by Gasteiger charge is -2.42. The Morgan fingerprint density at radius 3 is 2.62 bits per heavy atom. The van der Waals surface area contributed by atoms with Crippen LogP contribution in [0.25, 0.3) is 0 Å². The third-order valence-corrected chi connectivity index (χ3v) is 3.91. The van der Waals surface area contributed by atoms with E-state index in [2.05, 4.69) is 37.9 Å². The summed E-state index contributed by atoms with van der Waals surface area (Å²) in [4.78, 5) is 2.74. The first-order valence-electron chi connectivity index (χ1n) is 7.15. The molecule has 0 saturated carbocycles. The van der Waals surface area contributed by atoms with Gasteiger partial charge >= 0.3 is 0 Å². The third kappa shape index (κ3) is 4.06. The van der Waals surface area contributed by atoms with Gasteiger partial charge in [0.05, 0.1) is 0 Å². The number of likely N-dealkylation sites (N-methyl/N-ethyl adjacent to an activating group) is 1. The highest BCUT2D eigenvalue weighted by Crippen LogP contribution is 2.25. The molecule has 1 N–H and O–H groups in total. The van der Waals surface area contributed by atoms with E-state index in [1.54, 1.807) is 0 Å². The van der Waals surface area contributed by atoms with Gasteiger partial charge in [-0.2, -0.15) is 0 Å². The monoisotopic (exact) mass is 226 g/mol. The molecule has 1 fully saturated rings. The highest BCUT2D eigenvalue weighted by molar-refractivity contribution is 4.83. The molecule has 1 heterocycles. The van der Waals surface area contributed by atoms with Crippen LogP contribution in [-0.4, -0.2) is 36.6 Å². The minimum atomic E-state index is 0.757. The van der Waals surface area contributed by atoms with E-state index in [0.717, 1.165) is 24.5 Å². The van der Waals surface area contributed by atoms with Gasteiger partial charge in [0, 0.05) is 18.6 Å². The Morgan fingerprint density at radius 2 is 2.06 bits per heavy atom. The fourth-order valence-electron chi connectivity index (χ4n) is 3.00. The lowest BCUT2D eigenvalue weighted by molar-refractivity contribution is 0.0764. The maximum Gasteiger partial charge on any atom is 0.0223 e. The van der Waals surface area contributed by atoms with Crippen LogP contribution in [0, 0.1) is 5.92 Å². The highest BCUT2D eigenvalue weighted by Gasteiger charge is 2.27. The van der Waals surface area contributed by atoms with Crippen molar-refractivity contribution in [2.24, 2.45) is 5.92 Å². The molecule has 1 aliphatic rings. The predicted molar refractivity (Wildman–Crippen MR) is 71.8 cm³/mol. The van der Waals surface area contributed by atoms with Crippen LogP contribution in [0.4, 0.5) is 0 Å². The molecular formula is C14H30N2. The van der Waals surface area contributed by atoms with E-state index in [-0.39, 0.29) is 0 Å². The average Bonchev–Trinajstić information content (AvgIpc) is 2.25. The van der Waals surface area contributed by atoms with E-state index in [4.69, 9.17) is 0 Å². The van der Waals surface area contributed by atoms with Crippen LogP contribution < -0.4 is 5.32 Å². The Labute approximate surface area is 102 Å². The van der Waals surface area contributed by atoms with Crippen LogP contribution in [-0.2, 0) is 0 Å². The summed E-state index contributed by atoms with van der Waals surface area (Å²) in [5, 5.41) is 3.52. The molecule has 0 aromatic rings. The quantitative estimate of drug-likeness (QED) is 0.749. The van der Waals surface area contributed by atoms with E-state index >= 15 is 0 Å². The molecule has 3 unspecified atom stereocenters. The number of hydrogen-bond donors (Lipinski definition) is 1. The maximum absolute atomic E-state index is 3.52. The lowest BCUT2D eigenvalue weighted by atomic mass is 9.91. The summed E-state index contributed by atoms with van der Waals surface area (Å²) < 4.78 is 0. The number of nitrogens with zero attached hydrogens (tertiary/aromatic N) is 1. The largest absolute Gasteiger partial charge is 0.315 e. The molecule has 0 bridgehead atoms.